The summed E-state index contributed by atoms with van der Waals surface area (Å²) in [7, 11) is 0. The first kappa shape index (κ1) is 21.2. The van der Waals surface area contributed by atoms with E-state index in [2.05, 4.69) is 0 Å². The molecule has 23 heavy (non-hydrogen) atoms. The second-order valence-corrected chi connectivity index (χ2v) is 6.41. The Kier molecular flexibility index (Phi) is 10.8. The Labute approximate surface area is 144 Å². The summed E-state index contributed by atoms with van der Waals surface area (Å²) in [5.41, 5.74) is 1.27. The molecule has 1 aliphatic rings. The van der Waals surface area contributed by atoms with Crippen LogP contribution in [-0.4, -0.2) is 20.0 Å². The first-order valence-electron chi connectivity index (χ1n) is 8.19. The van der Waals surface area contributed by atoms with E-state index >= 15 is 0 Å². The van der Waals surface area contributed by atoms with Crippen molar-refractivity contribution in [1.29, 1.82) is 0 Å². The molecule has 0 bridgehead atoms. The van der Waals surface area contributed by atoms with Gasteiger partial charge in [-0.1, -0.05) is 41.5 Å². The van der Waals surface area contributed by atoms with Gasteiger partial charge in [-0.15, -0.1) is 0 Å². The number of para-hydroxylation sites is 1. The summed E-state index contributed by atoms with van der Waals surface area (Å²) in [6.45, 7) is 12.0. The molecule has 1 amide bonds. The Hall–Kier alpha value is -1.77. The third kappa shape index (κ3) is 4.85. The molecule has 2 aromatic rings. The van der Waals surface area contributed by atoms with E-state index in [1.165, 1.54) is 3.92 Å². The summed E-state index contributed by atoms with van der Waals surface area (Å²) in [5.74, 6) is -0.160. The molecule has 0 radical (unpaired) electrons. The quantitative estimate of drug-likeness (QED) is 0.681. The zero-order valence-corrected chi connectivity index (χ0v) is 16.6. The van der Waals surface area contributed by atoms with Crippen molar-refractivity contribution < 1.29 is 8.63 Å². The van der Waals surface area contributed by atoms with Crippen LogP contribution in [0.2, 0.25) is 0 Å². The molecule has 1 aliphatic heterocycles. The molecule has 0 saturated heterocycles. The zero-order chi connectivity index (χ0) is 17.8. The normalized spacial score (nSPS) is 14.3. The number of benzene rings is 2. The number of amides is 1. The maximum absolute atomic E-state index is 12.3. The number of nitrogens with zero attached hydrogens (tertiary/aromatic N) is 1. The molecule has 1 atom stereocenters. The first-order valence-corrected chi connectivity index (χ1v) is 10.5. The number of hydrogen-bond donors (Lipinski definition) is 0. The Morgan fingerprint density at radius 2 is 1.22 bits per heavy atom. The van der Waals surface area contributed by atoms with Crippen LogP contribution in [0, 0.1) is 0 Å². The van der Waals surface area contributed by atoms with Crippen molar-refractivity contribution in [3.8, 4) is 0 Å². The van der Waals surface area contributed by atoms with E-state index in [1.54, 1.807) is 30.3 Å². The van der Waals surface area contributed by atoms with Crippen molar-refractivity contribution in [3.63, 3.8) is 0 Å². The average Bonchev–Trinajstić information content (AvgIpc) is 2.92. The molecule has 0 aromatic heterocycles. The molecule has 3 rings (SSSR count). The number of fused-ring (bicyclic) bond motifs is 1. The summed E-state index contributed by atoms with van der Waals surface area (Å²) >= 11 is -2.47. The molecule has 0 aliphatic carbocycles. The molecule has 0 saturated carbocycles. The molecule has 0 spiro atoms. The Morgan fingerprint density at radius 3 is 1.74 bits per heavy atom. The van der Waals surface area contributed by atoms with Crippen LogP contribution >= 0.6 is 0 Å². The Bertz CT molecular complexity index is 577. The van der Waals surface area contributed by atoms with Crippen molar-refractivity contribution in [3.05, 3.63) is 60.2 Å². The van der Waals surface area contributed by atoms with Gasteiger partial charge in [-0.05, 0) is 0 Å². The van der Waals surface area contributed by atoms with E-state index in [0.29, 0.717) is 15.7 Å². The standard InChI is InChI=1S/C13H9NO2Se.3C2H6/c15-13-11-8-4-5-9-12(11)17(16)14(13)10-6-2-1-3-7-10;3*1-2/h1-9H;3*1-2H3. The van der Waals surface area contributed by atoms with Crippen molar-refractivity contribution in [2.75, 3.05) is 3.92 Å². The maximum atomic E-state index is 12.3. The van der Waals surface area contributed by atoms with Crippen molar-refractivity contribution in [1.82, 2.24) is 0 Å². The van der Waals surface area contributed by atoms with E-state index < -0.39 is 14.1 Å². The fraction of sp³-hybridized carbons (Fsp3) is 0.316. The van der Waals surface area contributed by atoms with E-state index in [-0.39, 0.29) is 5.91 Å². The van der Waals surface area contributed by atoms with Crippen LogP contribution in [-0.2, 0) is 3.83 Å². The van der Waals surface area contributed by atoms with Gasteiger partial charge in [-0.2, -0.15) is 0 Å². The Morgan fingerprint density at radius 1 is 0.739 bits per heavy atom. The fourth-order valence-corrected chi connectivity index (χ4v) is 4.58. The minimum atomic E-state index is -2.47. The molecule has 126 valence electrons. The second kappa shape index (κ2) is 11.8. The van der Waals surface area contributed by atoms with Crippen molar-refractivity contribution >= 4 is 30.1 Å². The molecular weight excluding hydrogens is 353 g/mol. The van der Waals surface area contributed by atoms with E-state index in [1.807, 2.05) is 65.8 Å². The van der Waals surface area contributed by atoms with Gasteiger partial charge in [-0.25, -0.2) is 0 Å². The predicted molar refractivity (Wildman–Crippen MR) is 99.8 cm³/mol. The molecular formula is C19H27NO2Se. The van der Waals surface area contributed by atoms with Gasteiger partial charge in [0.1, 0.15) is 0 Å². The number of rotatable bonds is 1. The van der Waals surface area contributed by atoms with Gasteiger partial charge in [0.2, 0.25) is 0 Å². The molecule has 0 N–H and O–H groups in total. The zero-order valence-electron chi connectivity index (χ0n) is 14.9. The van der Waals surface area contributed by atoms with E-state index in [9.17, 15) is 8.63 Å². The number of anilines is 1. The molecule has 2 aromatic carbocycles. The van der Waals surface area contributed by atoms with E-state index in [0.717, 1.165) is 0 Å². The predicted octanol–water partition coefficient (Wildman–Crippen LogP) is 4.55. The van der Waals surface area contributed by atoms with Crippen molar-refractivity contribution in [2.45, 2.75) is 41.5 Å². The topological polar surface area (TPSA) is 37.4 Å². The van der Waals surface area contributed by atoms with Gasteiger partial charge in [-0.3, -0.25) is 0 Å². The summed E-state index contributed by atoms with van der Waals surface area (Å²) < 4.78 is 14.4. The van der Waals surface area contributed by atoms with Crippen LogP contribution in [0.5, 0.6) is 0 Å². The third-order valence-electron chi connectivity index (χ3n) is 2.65. The molecule has 3 nitrogen and oxygen atoms in total. The average molecular weight is 380 g/mol. The van der Waals surface area contributed by atoms with E-state index in [4.69, 9.17) is 0 Å². The molecule has 4 heteroatoms. The van der Waals surface area contributed by atoms with Crippen LogP contribution < -0.4 is 8.38 Å². The second-order valence-electron chi connectivity index (χ2n) is 3.68. The first-order chi connectivity index (χ1) is 11.3. The van der Waals surface area contributed by atoms with Gasteiger partial charge >= 0.3 is 103 Å². The van der Waals surface area contributed by atoms with Gasteiger partial charge in [0.25, 0.3) is 0 Å². The van der Waals surface area contributed by atoms with Gasteiger partial charge < -0.3 is 0 Å². The summed E-state index contributed by atoms with van der Waals surface area (Å²) in [6, 6.07) is 16.3. The Balaban J connectivity index is 0.000000728. The number of hydrogen-bond acceptors (Lipinski definition) is 2. The van der Waals surface area contributed by atoms with Crippen LogP contribution in [0.1, 0.15) is 51.9 Å². The number of carbonyl (C=O) groups excluding carboxylic acids is 1. The third-order valence-corrected chi connectivity index (χ3v) is 5.67. The van der Waals surface area contributed by atoms with Gasteiger partial charge in [0, 0.05) is 0 Å². The monoisotopic (exact) mass is 381 g/mol. The SMILES string of the molecule is CC.CC.CC.O=C1c2ccccc2[Se](=O)N1c1ccccc1. The molecule has 1 heterocycles. The van der Waals surface area contributed by atoms with Gasteiger partial charge in [0.15, 0.2) is 0 Å². The summed E-state index contributed by atoms with van der Waals surface area (Å²) in [6.07, 6.45) is 0. The van der Waals surface area contributed by atoms with Gasteiger partial charge in [0.05, 0.1) is 0 Å². The minimum absolute atomic E-state index is 0.160. The fourth-order valence-electron chi connectivity index (χ4n) is 1.86. The van der Waals surface area contributed by atoms with Crippen LogP contribution in [0.3, 0.4) is 0 Å². The van der Waals surface area contributed by atoms with Crippen molar-refractivity contribution in [2.24, 2.45) is 0 Å². The number of carbonyl (C=O) groups is 1. The summed E-state index contributed by atoms with van der Waals surface area (Å²) in [4.78, 5) is 12.2. The van der Waals surface area contributed by atoms with Crippen LogP contribution in [0.15, 0.2) is 54.6 Å². The van der Waals surface area contributed by atoms with Crippen LogP contribution in [0.4, 0.5) is 5.69 Å². The van der Waals surface area contributed by atoms with Crippen LogP contribution in [0.25, 0.3) is 0 Å². The molecule has 1 unspecified atom stereocenters. The summed E-state index contributed by atoms with van der Waals surface area (Å²) in [5, 5.41) is 0. The molecule has 0 fully saturated rings.